The summed E-state index contributed by atoms with van der Waals surface area (Å²) in [6, 6.07) is 20.6. The van der Waals surface area contributed by atoms with Crippen LogP contribution < -0.4 is 0 Å². The molecule has 3 aromatic heterocycles. The Morgan fingerprint density at radius 1 is 0.900 bits per heavy atom. The maximum Gasteiger partial charge on any atom is 0.161 e. The van der Waals surface area contributed by atoms with Crippen molar-refractivity contribution in [2.75, 3.05) is 0 Å². The van der Waals surface area contributed by atoms with E-state index in [-0.39, 0.29) is 5.78 Å². The van der Waals surface area contributed by atoms with Crippen LogP contribution in [0.15, 0.2) is 60.7 Å². The number of hydrogen-bond donors (Lipinski definition) is 0. The van der Waals surface area contributed by atoms with Crippen molar-refractivity contribution in [1.29, 1.82) is 0 Å². The van der Waals surface area contributed by atoms with E-state index in [0.29, 0.717) is 0 Å². The molecule has 0 amide bonds. The van der Waals surface area contributed by atoms with E-state index in [2.05, 4.69) is 28.7 Å². The number of pyridine rings is 1. The van der Waals surface area contributed by atoms with Gasteiger partial charge in [-0.2, -0.15) is 0 Å². The second-order valence-corrected chi connectivity index (χ2v) is 5.09. The molecular weight excluding hydrogens is 246 g/mol. The number of aromatic nitrogens is 1. The minimum absolute atomic E-state index is 0.111. The SMILES string of the molecule is CC(=O)c1cc2c(-c3ccccc3)cc3cccc1n32. The number of carbonyl (C=O) groups excluding carboxylic acids is 1. The fraction of sp³-hybridized carbons (Fsp3) is 0.0556. The van der Waals surface area contributed by atoms with Gasteiger partial charge in [0, 0.05) is 16.6 Å². The molecule has 0 unspecified atom stereocenters. The van der Waals surface area contributed by atoms with Crippen LogP contribution >= 0.6 is 0 Å². The van der Waals surface area contributed by atoms with Crippen molar-refractivity contribution in [2.45, 2.75) is 6.92 Å². The Morgan fingerprint density at radius 3 is 2.45 bits per heavy atom. The summed E-state index contributed by atoms with van der Waals surface area (Å²) in [6.45, 7) is 1.62. The number of Topliss-reactive ketones (excluding diaryl/α,β-unsaturated/α-hetero) is 1. The van der Waals surface area contributed by atoms with Crippen molar-refractivity contribution >= 4 is 22.3 Å². The molecule has 4 rings (SSSR count). The van der Waals surface area contributed by atoms with E-state index in [1.807, 2.05) is 36.4 Å². The zero-order chi connectivity index (χ0) is 13.7. The summed E-state index contributed by atoms with van der Waals surface area (Å²) < 4.78 is 2.17. The van der Waals surface area contributed by atoms with Gasteiger partial charge in [-0.15, -0.1) is 0 Å². The van der Waals surface area contributed by atoms with Crippen LogP contribution in [-0.2, 0) is 0 Å². The lowest BCUT2D eigenvalue weighted by molar-refractivity contribution is 0.101. The van der Waals surface area contributed by atoms with Crippen molar-refractivity contribution in [1.82, 2.24) is 4.40 Å². The maximum absolute atomic E-state index is 11.8. The average Bonchev–Trinajstić information content (AvgIpc) is 3.03. The molecule has 0 saturated heterocycles. The molecule has 0 radical (unpaired) electrons. The maximum atomic E-state index is 11.8. The van der Waals surface area contributed by atoms with Gasteiger partial charge in [-0.1, -0.05) is 36.4 Å². The average molecular weight is 259 g/mol. The molecule has 1 aromatic carbocycles. The van der Waals surface area contributed by atoms with E-state index in [9.17, 15) is 4.79 Å². The van der Waals surface area contributed by atoms with E-state index in [4.69, 9.17) is 0 Å². The summed E-state index contributed by atoms with van der Waals surface area (Å²) in [5.74, 6) is 0.111. The Kier molecular flexibility index (Phi) is 2.21. The standard InChI is InChI=1S/C18H13NO/c1-12(20)15-11-18-16(13-6-3-2-4-7-13)10-14-8-5-9-17(15)19(14)18/h2-11H,1H3. The smallest absolute Gasteiger partial charge is 0.161 e. The highest BCUT2D eigenvalue weighted by molar-refractivity contribution is 6.06. The number of hydrogen-bond acceptors (Lipinski definition) is 1. The van der Waals surface area contributed by atoms with Crippen LogP contribution in [0.4, 0.5) is 0 Å². The van der Waals surface area contributed by atoms with Crippen molar-refractivity contribution in [3.05, 3.63) is 66.2 Å². The number of benzene rings is 1. The fourth-order valence-electron chi connectivity index (χ4n) is 2.94. The van der Waals surface area contributed by atoms with Crippen LogP contribution in [0.1, 0.15) is 17.3 Å². The first kappa shape index (κ1) is 11.2. The molecule has 2 nitrogen and oxygen atoms in total. The normalized spacial score (nSPS) is 11.4. The molecule has 0 saturated carbocycles. The highest BCUT2D eigenvalue weighted by Gasteiger charge is 2.16. The topological polar surface area (TPSA) is 21.5 Å². The van der Waals surface area contributed by atoms with Gasteiger partial charge in [0.2, 0.25) is 0 Å². The Bertz CT molecular complexity index is 918. The molecule has 0 aliphatic carbocycles. The van der Waals surface area contributed by atoms with Crippen LogP contribution in [0.3, 0.4) is 0 Å². The molecule has 0 N–H and O–H groups in total. The molecule has 0 atom stereocenters. The molecule has 0 bridgehead atoms. The van der Waals surface area contributed by atoms with Crippen LogP contribution in [0.5, 0.6) is 0 Å². The van der Waals surface area contributed by atoms with Gasteiger partial charge in [0.25, 0.3) is 0 Å². The first-order chi connectivity index (χ1) is 9.75. The fourth-order valence-corrected chi connectivity index (χ4v) is 2.94. The summed E-state index contributed by atoms with van der Waals surface area (Å²) in [6.07, 6.45) is 0. The van der Waals surface area contributed by atoms with E-state index < -0.39 is 0 Å². The zero-order valence-corrected chi connectivity index (χ0v) is 11.1. The van der Waals surface area contributed by atoms with E-state index in [1.165, 1.54) is 11.1 Å². The van der Waals surface area contributed by atoms with E-state index in [0.717, 1.165) is 22.1 Å². The Labute approximate surface area is 116 Å². The first-order valence-electron chi connectivity index (χ1n) is 6.68. The third-order valence-corrected chi connectivity index (χ3v) is 3.85. The third kappa shape index (κ3) is 1.42. The summed E-state index contributed by atoms with van der Waals surface area (Å²) in [4.78, 5) is 11.8. The molecule has 4 aromatic rings. The first-order valence-corrected chi connectivity index (χ1v) is 6.68. The second kappa shape index (κ2) is 3.94. The molecule has 20 heavy (non-hydrogen) atoms. The Hall–Kier alpha value is -2.61. The van der Waals surface area contributed by atoms with Crippen LogP contribution in [0.25, 0.3) is 27.7 Å². The van der Waals surface area contributed by atoms with Crippen molar-refractivity contribution in [3.8, 4) is 11.1 Å². The van der Waals surface area contributed by atoms with Crippen LogP contribution in [-0.4, -0.2) is 10.2 Å². The quantitative estimate of drug-likeness (QED) is 0.489. The van der Waals surface area contributed by atoms with Gasteiger partial charge in [0.05, 0.1) is 11.0 Å². The van der Waals surface area contributed by atoms with Crippen LogP contribution in [0, 0.1) is 0 Å². The molecule has 2 heteroatoms. The van der Waals surface area contributed by atoms with Gasteiger partial charge in [-0.25, -0.2) is 0 Å². The molecule has 3 heterocycles. The molecule has 0 fully saturated rings. The summed E-state index contributed by atoms with van der Waals surface area (Å²) in [7, 11) is 0. The van der Waals surface area contributed by atoms with Gasteiger partial charge < -0.3 is 4.40 Å². The number of carbonyl (C=O) groups is 1. The largest absolute Gasteiger partial charge is 0.309 e. The lowest BCUT2D eigenvalue weighted by Gasteiger charge is -1.97. The van der Waals surface area contributed by atoms with E-state index >= 15 is 0 Å². The highest BCUT2D eigenvalue weighted by atomic mass is 16.1. The summed E-state index contributed by atoms with van der Waals surface area (Å²) in [5.41, 5.74) is 6.37. The lowest BCUT2D eigenvalue weighted by Crippen LogP contribution is -1.90. The molecular formula is C18H13NO. The number of nitrogens with zero attached hydrogens (tertiary/aromatic N) is 1. The monoisotopic (exact) mass is 259 g/mol. The van der Waals surface area contributed by atoms with Gasteiger partial charge >= 0.3 is 0 Å². The predicted molar refractivity (Wildman–Crippen MR) is 81.5 cm³/mol. The Morgan fingerprint density at radius 2 is 1.70 bits per heavy atom. The minimum atomic E-state index is 0.111. The molecule has 96 valence electrons. The van der Waals surface area contributed by atoms with Gasteiger partial charge in [0.15, 0.2) is 5.78 Å². The van der Waals surface area contributed by atoms with Crippen LogP contribution in [0.2, 0.25) is 0 Å². The van der Waals surface area contributed by atoms with E-state index in [1.54, 1.807) is 6.92 Å². The third-order valence-electron chi connectivity index (χ3n) is 3.85. The molecule has 0 spiro atoms. The molecule has 0 aliphatic heterocycles. The second-order valence-electron chi connectivity index (χ2n) is 5.09. The van der Waals surface area contributed by atoms with Crippen molar-refractivity contribution < 1.29 is 4.79 Å². The summed E-state index contributed by atoms with van der Waals surface area (Å²) >= 11 is 0. The molecule has 0 aliphatic rings. The number of ketones is 1. The van der Waals surface area contributed by atoms with Gasteiger partial charge in [-0.05, 0) is 36.8 Å². The van der Waals surface area contributed by atoms with Crippen molar-refractivity contribution in [3.63, 3.8) is 0 Å². The summed E-state index contributed by atoms with van der Waals surface area (Å²) in [5, 5.41) is 0. The zero-order valence-electron chi connectivity index (χ0n) is 11.1. The lowest BCUT2D eigenvalue weighted by atomic mass is 10.1. The Balaban J connectivity index is 2.14. The minimum Gasteiger partial charge on any atom is -0.309 e. The van der Waals surface area contributed by atoms with Gasteiger partial charge in [-0.3, -0.25) is 4.79 Å². The van der Waals surface area contributed by atoms with Gasteiger partial charge in [0.1, 0.15) is 0 Å². The predicted octanol–water partition coefficient (Wildman–Crippen LogP) is 4.40. The number of rotatable bonds is 2. The highest BCUT2D eigenvalue weighted by Crippen LogP contribution is 2.33. The van der Waals surface area contributed by atoms with Crippen molar-refractivity contribution in [2.24, 2.45) is 0 Å².